The zero-order chi connectivity index (χ0) is 18.7. The van der Waals surface area contributed by atoms with E-state index < -0.39 is 37.1 Å². The zero-order valence-electron chi connectivity index (χ0n) is 14.0. The standard InChI is InChI=1S/C18H22O8/c19-8-15-17(22)18(23)16(21)14(26-15)7-11(20)3-1-2-10-4-5-12-13(6-10)25-9-24-12/h1,3-6,14-19,21-23H,2,7-9H2/b3-1+/t14-,15+,16-,17-,18+/m0/s1. The Labute approximate surface area is 150 Å². The number of hydrogen-bond donors (Lipinski definition) is 4. The van der Waals surface area contributed by atoms with Crippen molar-refractivity contribution in [2.75, 3.05) is 13.4 Å². The summed E-state index contributed by atoms with van der Waals surface area (Å²) in [7, 11) is 0. The van der Waals surface area contributed by atoms with Crippen LogP contribution in [0.5, 0.6) is 11.5 Å². The van der Waals surface area contributed by atoms with Gasteiger partial charge >= 0.3 is 0 Å². The molecule has 0 spiro atoms. The summed E-state index contributed by atoms with van der Waals surface area (Å²) in [5.41, 5.74) is 0.950. The van der Waals surface area contributed by atoms with Crippen molar-refractivity contribution in [3.05, 3.63) is 35.9 Å². The minimum Gasteiger partial charge on any atom is -0.454 e. The van der Waals surface area contributed by atoms with Crippen molar-refractivity contribution >= 4 is 5.78 Å². The average Bonchev–Trinajstić information content (AvgIpc) is 3.10. The summed E-state index contributed by atoms with van der Waals surface area (Å²) in [6.45, 7) is -0.318. The van der Waals surface area contributed by atoms with Gasteiger partial charge in [-0.3, -0.25) is 4.79 Å². The Hall–Kier alpha value is -1.97. The van der Waals surface area contributed by atoms with Crippen LogP contribution in [-0.2, 0) is 16.0 Å². The predicted octanol–water partition coefficient (Wildman–Crippen LogP) is -0.684. The van der Waals surface area contributed by atoms with Crippen LogP contribution in [0.25, 0.3) is 0 Å². The molecular weight excluding hydrogens is 344 g/mol. The van der Waals surface area contributed by atoms with Crippen molar-refractivity contribution in [2.45, 2.75) is 43.4 Å². The van der Waals surface area contributed by atoms with Gasteiger partial charge in [0.2, 0.25) is 6.79 Å². The number of ketones is 1. The van der Waals surface area contributed by atoms with Crippen LogP contribution in [0.1, 0.15) is 12.0 Å². The van der Waals surface area contributed by atoms with E-state index in [9.17, 15) is 20.1 Å². The highest BCUT2D eigenvalue weighted by Gasteiger charge is 2.43. The predicted molar refractivity (Wildman–Crippen MR) is 88.8 cm³/mol. The van der Waals surface area contributed by atoms with Crippen molar-refractivity contribution < 1.29 is 39.4 Å². The Morgan fingerprint density at radius 1 is 1.08 bits per heavy atom. The van der Waals surface area contributed by atoms with Gasteiger partial charge in [-0.1, -0.05) is 12.1 Å². The maximum Gasteiger partial charge on any atom is 0.231 e. The molecule has 0 saturated carbocycles. The Balaban J connectivity index is 1.54. The molecule has 0 radical (unpaired) electrons. The molecule has 2 aliphatic heterocycles. The highest BCUT2D eigenvalue weighted by molar-refractivity contribution is 5.90. The summed E-state index contributed by atoms with van der Waals surface area (Å²) < 4.78 is 15.9. The minimum atomic E-state index is -1.48. The van der Waals surface area contributed by atoms with Crippen molar-refractivity contribution in [3.8, 4) is 11.5 Å². The normalized spacial score (nSPS) is 30.7. The van der Waals surface area contributed by atoms with E-state index in [-0.39, 0.29) is 19.0 Å². The van der Waals surface area contributed by atoms with Gasteiger partial charge in [-0.25, -0.2) is 0 Å². The summed E-state index contributed by atoms with van der Waals surface area (Å²) in [5, 5.41) is 38.6. The molecule has 0 amide bonds. The van der Waals surface area contributed by atoms with E-state index in [2.05, 4.69) is 0 Å². The van der Waals surface area contributed by atoms with E-state index in [0.29, 0.717) is 17.9 Å². The lowest BCUT2D eigenvalue weighted by molar-refractivity contribution is -0.229. The van der Waals surface area contributed by atoms with Gasteiger partial charge in [-0.15, -0.1) is 0 Å². The Kier molecular flexibility index (Phi) is 5.90. The SMILES string of the molecule is O=C(/C=C/Cc1ccc2c(c1)OCO2)C[C@@H]1O[C@H](CO)[C@H](O)[C@H](O)[C@H]1O. The number of fused-ring (bicyclic) bond motifs is 1. The molecule has 5 atom stereocenters. The van der Waals surface area contributed by atoms with Crippen molar-refractivity contribution in [3.63, 3.8) is 0 Å². The van der Waals surface area contributed by atoms with E-state index in [4.69, 9.17) is 19.3 Å². The Morgan fingerprint density at radius 3 is 2.58 bits per heavy atom. The highest BCUT2D eigenvalue weighted by Crippen LogP contribution is 2.32. The molecular formula is C18H22O8. The van der Waals surface area contributed by atoms with Gasteiger partial charge in [0.1, 0.15) is 24.4 Å². The first-order chi connectivity index (χ1) is 12.5. The molecule has 1 aromatic carbocycles. The molecule has 0 aromatic heterocycles. The summed E-state index contributed by atoms with van der Waals surface area (Å²) in [6, 6.07) is 5.52. The van der Waals surface area contributed by atoms with Gasteiger partial charge < -0.3 is 34.6 Å². The van der Waals surface area contributed by atoms with E-state index >= 15 is 0 Å². The number of aliphatic hydroxyl groups is 4. The first-order valence-corrected chi connectivity index (χ1v) is 8.38. The third kappa shape index (κ3) is 4.05. The van der Waals surface area contributed by atoms with Gasteiger partial charge in [-0.2, -0.15) is 0 Å². The number of carbonyl (C=O) groups excluding carboxylic acids is 1. The molecule has 2 aliphatic rings. The van der Waals surface area contributed by atoms with Crippen LogP contribution in [0.15, 0.2) is 30.4 Å². The molecule has 0 aliphatic carbocycles. The number of benzene rings is 1. The minimum absolute atomic E-state index is 0.168. The number of aliphatic hydroxyl groups excluding tert-OH is 4. The van der Waals surface area contributed by atoms with Crippen LogP contribution >= 0.6 is 0 Å². The van der Waals surface area contributed by atoms with E-state index in [1.165, 1.54) is 6.08 Å². The monoisotopic (exact) mass is 366 g/mol. The van der Waals surface area contributed by atoms with Gasteiger partial charge in [0.25, 0.3) is 0 Å². The first kappa shape index (κ1) is 18.8. The number of carbonyl (C=O) groups is 1. The third-order valence-corrected chi connectivity index (χ3v) is 4.49. The number of rotatable bonds is 6. The smallest absolute Gasteiger partial charge is 0.231 e. The Morgan fingerprint density at radius 2 is 1.81 bits per heavy atom. The van der Waals surface area contributed by atoms with Gasteiger partial charge in [0, 0.05) is 6.42 Å². The molecule has 1 aromatic rings. The molecule has 1 fully saturated rings. The molecule has 142 valence electrons. The van der Waals surface area contributed by atoms with Crippen molar-refractivity contribution in [2.24, 2.45) is 0 Å². The molecule has 0 bridgehead atoms. The second kappa shape index (κ2) is 8.15. The van der Waals surface area contributed by atoms with Gasteiger partial charge in [-0.05, 0) is 30.2 Å². The maximum atomic E-state index is 12.1. The van der Waals surface area contributed by atoms with Gasteiger partial charge in [0.15, 0.2) is 17.3 Å². The maximum absolute atomic E-state index is 12.1. The fraction of sp³-hybridized carbons (Fsp3) is 0.500. The number of allylic oxidation sites excluding steroid dienone is 2. The second-order valence-corrected chi connectivity index (χ2v) is 6.33. The number of ether oxygens (including phenoxy) is 3. The van der Waals surface area contributed by atoms with E-state index in [1.807, 2.05) is 12.1 Å². The second-order valence-electron chi connectivity index (χ2n) is 6.33. The molecule has 4 N–H and O–H groups in total. The van der Waals surface area contributed by atoms with Crippen molar-refractivity contribution in [1.29, 1.82) is 0 Å². The highest BCUT2D eigenvalue weighted by atomic mass is 16.7. The average molecular weight is 366 g/mol. The molecule has 2 heterocycles. The zero-order valence-corrected chi connectivity index (χ0v) is 14.0. The fourth-order valence-electron chi connectivity index (χ4n) is 3.01. The number of hydrogen-bond acceptors (Lipinski definition) is 8. The van der Waals surface area contributed by atoms with Gasteiger partial charge in [0.05, 0.1) is 12.7 Å². The lowest BCUT2D eigenvalue weighted by atomic mass is 9.92. The van der Waals surface area contributed by atoms with E-state index in [0.717, 1.165) is 5.56 Å². The molecule has 26 heavy (non-hydrogen) atoms. The topological polar surface area (TPSA) is 126 Å². The van der Waals surface area contributed by atoms with Crippen LogP contribution in [0.3, 0.4) is 0 Å². The molecule has 1 saturated heterocycles. The molecule has 3 rings (SSSR count). The molecule has 8 heteroatoms. The van der Waals surface area contributed by atoms with Crippen molar-refractivity contribution in [1.82, 2.24) is 0 Å². The third-order valence-electron chi connectivity index (χ3n) is 4.49. The Bertz CT molecular complexity index is 671. The molecule has 8 nitrogen and oxygen atoms in total. The van der Waals surface area contributed by atoms with Crippen LogP contribution in [0, 0.1) is 0 Å². The summed E-state index contributed by atoms with van der Waals surface area (Å²) >= 11 is 0. The van der Waals surface area contributed by atoms with Crippen LogP contribution in [-0.4, -0.2) is 70.1 Å². The lowest BCUT2D eigenvalue weighted by Crippen LogP contribution is -2.58. The quantitative estimate of drug-likeness (QED) is 0.488. The summed E-state index contributed by atoms with van der Waals surface area (Å²) in [6.07, 6.45) is -2.90. The first-order valence-electron chi connectivity index (χ1n) is 8.38. The molecule has 0 unspecified atom stereocenters. The van der Waals surface area contributed by atoms with Crippen LogP contribution < -0.4 is 9.47 Å². The van der Waals surface area contributed by atoms with Crippen LogP contribution in [0.2, 0.25) is 0 Å². The van der Waals surface area contributed by atoms with Crippen LogP contribution in [0.4, 0.5) is 0 Å². The summed E-state index contributed by atoms with van der Waals surface area (Å²) in [5.74, 6) is 1.06. The van der Waals surface area contributed by atoms with E-state index in [1.54, 1.807) is 12.1 Å². The lowest BCUT2D eigenvalue weighted by Gasteiger charge is -2.39. The largest absolute Gasteiger partial charge is 0.454 e. The summed E-state index contributed by atoms with van der Waals surface area (Å²) in [4.78, 5) is 12.1. The fourth-order valence-corrected chi connectivity index (χ4v) is 3.01.